The molecule has 2 N–H and O–H groups in total. The zero-order valence-electron chi connectivity index (χ0n) is 10.9. The smallest absolute Gasteiger partial charge is 0.195 e. The van der Waals surface area contributed by atoms with Gasteiger partial charge in [-0.05, 0) is 36.6 Å². The van der Waals surface area contributed by atoms with Crippen LogP contribution in [0.25, 0.3) is 11.1 Å². The first-order chi connectivity index (χ1) is 9.24. The minimum atomic E-state index is 0.766. The molecular weight excluding hydrogens is 236 g/mol. The van der Waals surface area contributed by atoms with Gasteiger partial charge in [0.25, 0.3) is 0 Å². The van der Waals surface area contributed by atoms with E-state index >= 15 is 0 Å². The summed E-state index contributed by atoms with van der Waals surface area (Å²) in [5.74, 6) is 0.771. The molecule has 0 saturated carbocycles. The highest BCUT2D eigenvalue weighted by Gasteiger charge is 2.08. The third kappa shape index (κ3) is 2.32. The van der Waals surface area contributed by atoms with Gasteiger partial charge < -0.3 is 10.2 Å². The molecule has 3 nitrogen and oxygen atoms in total. The maximum atomic E-state index is 5.93. The lowest BCUT2D eigenvalue weighted by Crippen LogP contribution is -1.96. The second kappa shape index (κ2) is 4.76. The van der Waals surface area contributed by atoms with Crippen molar-refractivity contribution in [2.24, 2.45) is 0 Å². The Kier molecular flexibility index (Phi) is 2.95. The Hall–Kier alpha value is -2.29. The van der Waals surface area contributed by atoms with Gasteiger partial charge in [-0.1, -0.05) is 30.3 Å². The number of nitrogens with zero attached hydrogens (tertiary/aromatic N) is 1. The Balaban J connectivity index is 1.83. The van der Waals surface area contributed by atoms with Crippen LogP contribution < -0.4 is 5.73 Å². The van der Waals surface area contributed by atoms with Gasteiger partial charge >= 0.3 is 0 Å². The minimum Gasteiger partial charge on any atom is -0.440 e. The summed E-state index contributed by atoms with van der Waals surface area (Å²) in [5, 5.41) is 0. The van der Waals surface area contributed by atoms with Crippen LogP contribution in [0, 0.1) is 6.92 Å². The van der Waals surface area contributed by atoms with Gasteiger partial charge in [0.15, 0.2) is 11.5 Å². The topological polar surface area (TPSA) is 52.0 Å². The Morgan fingerprint density at radius 2 is 1.89 bits per heavy atom. The number of anilines is 1. The van der Waals surface area contributed by atoms with Crippen LogP contribution in [0.1, 0.15) is 17.0 Å². The van der Waals surface area contributed by atoms with Gasteiger partial charge in [0, 0.05) is 12.1 Å². The highest BCUT2D eigenvalue weighted by Crippen LogP contribution is 2.21. The number of rotatable bonds is 3. The summed E-state index contributed by atoms with van der Waals surface area (Å²) < 4.78 is 5.81. The number of hydrogen-bond acceptors (Lipinski definition) is 3. The lowest BCUT2D eigenvalue weighted by molar-refractivity contribution is 0.527. The summed E-state index contributed by atoms with van der Waals surface area (Å²) in [6.07, 6.45) is 1.61. The fourth-order valence-corrected chi connectivity index (χ4v) is 2.24. The van der Waals surface area contributed by atoms with Crippen molar-refractivity contribution in [2.75, 3.05) is 5.73 Å². The van der Waals surface area contributed by atoms with E-state index in [0.717, 1.165) is 46.6 Å². The molecular formula is C16H16N2O. The quantitative estimate of drug-likeness (QED) is 0.726. The second-order valence-electron chi connectivity index (χ2n) is 4.73. The van der Waals surface area contributed by atoms with E-state index < -0.39 is 0 Å². The molecule has 19 heavy (non-hydrogen) atoms. The number of fused-ring (bicyclic) bond motifs is 1. The molecule has 0 bridgehead atoms. The van der Waals surface area contributed by atoms with Crippen molar-refractivity contribution in [1.29, 1.82) is 0 Å². The monoisotopic (exact) mass is 252 g/mol. The summed E-state index contributed by atoms with van der Waals surface area (Å²) in [6, 6.07) is 13.9. The van der Waals surface area contributed by atoms with Crippen molar-refractivity contribution in [1.82, 2.24) is 4.98 Å². The molecule has 0 aliphatic rings. The number of para-hydroxylation sites is 2. The van der Waals surface area contributed by atoms with Crippen LogP contribution in [0.5, 0.6) is 0 Å². The maximum Gasteiger partial charge on any atom is 0.195 e. The lowest BCUT2D eigenvalue weighted by Gasteiger charge is -2.02. The van der Waals surface area contributed by atoms with E-state index in [-0.39, 0.29) is 0 Å². The van der Waals surface area contributed by atoms with Crippen LogP contribution in [0.4, 0.5) is 5.69 Å². The normalized spacial score (nSPS) is 11.0. The molecule has 0 atom stereocenters. The molecule has 1 aromatic heterocycles. The van der Waals surface area contributed by atoms with Gasteiger partial charge in [-0.2, -0.15) is 0 Å². The van der Waals surface area contributed by atoms with E-state index in [1.54, 1.807) is 0 Å². The zero-order chi connectivity index (χ0) is 13.2. The molecule has 3 rings (SSSR count). The average molecular weight is 252 g/mol. The summed E-state index contributed by atoms with van der Waals surface area (Å²) in [7, 11) is 0. The van der Waals surface area contributed by atoms with E-state index in [9.17, 15) is 0 Å². The van der Waals surface area contributed by atoms with E-state index in [1.807, 2.05) is 49.4 Å². The zero-order valence-corrected chi connectivity index (χ0v) is 10.9. The predicted molar refractivity (Wildman–Crippen MR) is 77.0 cm³/mol. The maximum absolute atomic E-state index is 5.93. The minimum absolute atomic E-state index is 0.766. The van der Waals surface area contributed by atoms with Crippen LogP contribution in [0.15, 0.2) is 46.9 Å². The lowest BCUT2D eigenvalue weighted by atomic mass is 10.1. The number of nitrogen functional groups attached to an aromatic ring is 1. The van der Waals surface area contributed by atoms with Crippen LogP contribution in [0.3, 0.4) is 0 Å². The first-order valence-electron chi connectivity index (χ1n) is 6.42. The third-order valence-corrected chi connectivity index (χ3v) is 3.32. The number of aryl methyl sites for hydroxylation is 3. The second-order valence-corrected chi connectivity index (χ2v) is 4.73. The third-order valence-electron chi connectivity index (χ3n) is 3.32. The first kappa shape index (κ1) is 11.8. The van der Waals surface area contributed by atoms with E-state index in [4.69, 9.17) is 10.2 Å². The van der Waals surface area contributed by atoms with Crippen LogP contribution in [-0.4, -0.2) is 4.98 Å². The molecule has 0 saturated heterocycles. The standard InChI is InChI=1S/C16H16N2O/c1-11-5-4-8-14-16(11)19-15(18-14)10-9-12-6-2-3-7-13(12)17/h2-8H,9-10,17H2,1H3. The average Bonchev–Trinajstić information content (AvgIpc) is 2.82. The van der Waals surface area contributed by atoms with Gasteiger partial charge in [-0.25, -0.2) is 4.98 Å². The van der Waals surface area contributed by atoms with Crippen LogP contribution >= 0.6 is 0 Å². The number of nitrogens with two attached hydrogens (primary N) is 1. The van der Waals surface area contributed by atoms with Crippen molar-refractivity contribution >= 4 is 16.8 Å². The van der Waals surface area contributed by atoms with Crippen molar-refractivity contribution in [3.8, 4) is 0 Å². The van der Waals surface area contributed by atoms with E-state index in [1.165, 1.54) is 0 Å². The van der Waals surface area contributed by atoms with Crippen molar-refractivity contribution in [2.45, 2.75) is 19.8 Å². The van der Waals surface area contributed by atoms with E-state index in [2.05, 4.69) is 4.98 Å². The van der Waals surface area contributed by atoms with Crippen LogP contribution in [0.2, 0.25) is 0 Å². The molecule has 0 unspecified atom stereocenters. The molecule has 0 fully saturated rings. The SMILES string of the molecule is Cc1cccc2nc(CCc3ccccc3N)oc12. The number of hydrogen-bond donors (Lipinski definition) is 1. The highest BCUT2D eigenvalue weighted by molar-refractivity contribution is 5.75. The Morgan fingerprint density at radius 1 is 1.05 bits per heavy atom. The molecule has 0 aliphatic carbocycles. The highest BCUT2D eigenvalue weighted by atomic mass is 16.3. The summed E-state index contributed by atoms with van der Waals surface area (Å²) in [5.41, 5.74) is 10.8. The van der Waals surface area contributed by atoms with Gasteiger partial charge in [-0.3, -0.25) is 0 Å². The predicted octanol–water partition coefficient (Wildman–Crippen LogP) is 3.50. The molecule has 3 aromatic rings. The summed E-state index contributed by atoms with van der Waals surface area (Å²) in [4.78, 5) is 4.51. The van der Waals surface area contributed by atoms with Gasteiger partial charge in [0.2, 0.25) is 0 Å². The fraction of sp³-hybridized carbons (Fsp3) is 0.188. The van der Waals surface area contributed by atoms with Crippen LogP contribution in [-0.2, 0) is 12.8 Å². The molecule has 96 valence electrons. The van der Waals surface area contributed by atoms with E-state index in [0.29, 0.717) is 0 Å². The Labute approximate surface area is 112 Å². The number of aromatic nitrogens is 1. The number of oxazole rings is 1. The Bertz CT molecular complexity index is 716. The number of benzene rings is 2. The summed E-state index contributed by atoms with van der Waals surface area (Å²) >= 11 is 0. The fourth-order valence-electron chi connectivity index (χ4n) is 2.24. The van der Waals surface area contributed by atoms with Crippen molar-refractivity contribution < 1.29 is 4.42 Å². The molecule has 3 heteroatoms. The van der Waals surface area contributed by atoms with Crippen molar-refractivity contribution in [3.05, 3.63) is 59.5 Å². The van der Waals surface area contributed by atoms with Crippen molar-refractivity contribution in [3.63, 3.8) is 0 Å². The first-order valence-corrected chi connectivity index (χ1v) is 6.42. The molecule has 1 heterocycles. The van der Waals surface area contributed by atoms with Gasteiger partial charge in [0.1, 0.15) is 5.52 Å². The Morgan fingerprint density at radius 3 is 2.68 bits per heavy atom. The van der Waals surface area contributed by atoms with Gasteiger partial charge in [-0.15, -0.1) is 0 Å². The van der Waals surface area contributed by atoms with Gasteiger partial charge in [0.05, 0.1) is 0 Å². The molecule has 2 aromatic carbocycles. The molecule has 0 spiro atoms. The molecule has 0 aliphatic heterocycles. The molecule has 0 amide bonds. The summed E-state index contributed by atoms with van der Waals surface area (Å²) in [6.45, 7) is 2.03. The molecule has 0 radical (unpaired) electrons. The largest absolute Gasteiger partial charge is 0.440 e.